The van der Waals surface area contributed by atoms with Crippen molar-refractivity contribution in [1.29, 1.82) is 5.41 Å². The van der Waals surface area contributed by atoms with Gasteiger partial charge in [0.1, 0.15) is 11.9 Å². The van der Waals surface area contributed by atoms with Gasteiger partial charge >= 0.3 is 6.03 Å². The number of amides is 2. The van der Waals surface area contributed by atoms with E-state index >= 15 is 0 Å². The van der Waals surface area contributed by atoms with E-state index in [0.29, 0.717) is 12.1 Å². The van der Waals surface area contributed by atoms with Crippen LogP contribution in [0.3, 0.4) is 0 Å². The number of nitrogens with zero attached hydrogens (tertiary/aromatic N) is 1. The van der Waals surface area contributed by atoms with Crippen molar-refractivity contribution in [2.24, 2.45) is 0 Å². The van der Waals surface area contributed by atoms with E-state index in [4.69, 9.17) is 5.41 Å². The molecule has 1 unspecified atom stereocenters. The van der Waals surface area contributed by atoms with Gasteiger partial charge in [0.05, 0.1) is 0 Å². The van der Waals surface area contributed by atoms with Gasteiger partial charge in [0, 0.05) is 6.54 Å². The molecule has 1 atom stereocenters. The molecule has 2 amide bonds. The quantitative estimate of drug-likeness (QED) is 0.815. The molecule has 1 heterocycles. The molecule has 17 heavy (non-hydrogen) atoms. The van der Waals surface area contributed by atoms with Crippen molar-refractivity contribution < 1.29 is 13.6 Å². The SMILES string of the molecule is CCN1C(=O)NC(=N)C1c1ccc(F)c(F)c1. The zero-order valence-electron chi connectivity index (χ0n) is 9.13. The third kappa shape index (κ3) is 1.86. The fourth-order valence-corrected chi connectivity index (χ4v) is 1.88. The maximum atomic E-state index is 13.1. The molecule has 0 saturated carbocycles. The second-order valence-corrected chi connectivity index (χ2v) is 3.71. The molecule has 0 aliphatic carbocycles. The van der Waals surface area contributed by atoms with Gasteiger partial charge in [-0.3, -0.25) is 10.7 Å². The van der Waals surface area contributed by atoms with Gasteiger partial charge in [0.25, 0.3) is 0 Å². The maximum Gasteiger partial charge on any atom is 0.323 e. The minimum Gasteiger partial charge on any atom is -0.310 e. The Bertz CT molecular complexity index is 490. The molecule has 0 bridgehead atoms. The van der Waals surface area contributed by atoms with Crippen LogP contribution in [0.2, 0.25) is 0 Å². The highest BCUT2D eigenvalue weighted by Gasteiger charge is 2.35. The molecular formula is C11H11F2N3O. The van der Waals surface area contributed by atoms with E-state index in [1.54, 1.807) is 6.92 Å². The standard InChI is InChI=1S/C11H11F2N3O/c1-2-16-9(10(14)15-11(16)17)6-3-4-7(12)8(13)5-6/h3-5,9H,2H2,1H3,(H2,14,15,17). The van der Waals surface area contributed by atoms with Crippen molar-refractivity contribution in [3.8, 4) is 0 Å². The zero-order chi connectivity index (χ0) is 12.6. The average molecular weight is 239 g/mol. The summed E-state index contributed by atoms with van der Waals surface area (Å²) in [5.74, 6) is -1.95. The molecule has 1 aromatic carbocycles. The minimum atomic E-state index is -0.981. The van der Waals surface area contributed by atoms with Crippen molar-refractivity contribution in [3.63, 3.8) is 0 Å². The molecule has 1 fully saturated rings. The Morgan fingerprint density at radius 2 is 2.12 bits per heavy atom. The first kappa shape index (κ1) is 11.5. The van der Waals surface area contributed by atoms with Crippen molar-refractivity contribution in [3.05, 3.63) is 35.4 Å². The molecule has 1 aliphatic heterocycles. The highest BCUT2D eigenvalue weighted by molar-refractivity contribution is 6.05. The summed E-state index contributed by atoms with van der Waals surface area (Å²) in [5, 5.41) is 10.00. The Balaban J connectivity index is 2.41. The summed E-state index contributed by atoms with van der Waals surface area (Å²) in [6, 6.07) is 2.32. The van der Waals surface area contributed by atoms with Gasteiger partial charge in [-0.1, -0.05) is 6.07 Å². The van der Waals surface area contributed by atoms with Gasteiger partial charge < -0.3 is 4.90 Å². The van der Waals surface area contributed by atoms with Gasteiger partial charge in [-0.25, -0.2) is 13.6 Å². The van der Waals surface area contributed by atoms with E-state index in [1.165, 1.54) is 11.0 Å². The molecular weight excluding hydrogens is 228 g/mol. The lowest BCUT2D eigenvalue weighted by atomic mass is 10.1. The van der Waals surface area contributed by atoms with Crippen LogP contribution in [0.25, 0.3) is 0 Å². The summed E-state index contributed by atoms with van der Waals surface area (Å²) in [5.41, 5.74) is 0.383. The van der Waals surface area contributed by atoms with Crippen LogP contribution in [0, 0.1) is 17.0 Å². The Morgan fingerprint density at radius 1 is 1.41 bits per heavy atom. The number of amidine groups is 1. The molecule has 6 heteroatoms. The summed E-state index contributed by atoms with van der Waals surface area (Å²) in [6.45, 7) is 2.14. The van der Waals surface area contributed by atoms with Crippen LogP contribution in [-0.4, -0.2) is 23.3 Å². The molecule has 2 rings (SSSR count). The Morgan fingerprint density at radius 3 is 2.71 bits per heavy atom. The molecule has 2 N–H and O–H groups in total. The second kappa shape index (κ2) is 4.12. The van der Waals surface area contributed by atoms with E-state index in [9.17, 15) is 13.6 Å². The van der Waals surface area contributed by atoms with Gasteiger partial charge in [-0.2, -0.15) is 0 Å². The summed E-state index contributed by atoms with van der Waals surface area (Å²) < 4.78 is 25.9. The first-order chi connectivity index (χ1) is 8.04. The van der Waals surface area contributed by atoms with Crippen molar-refractivity contribution in [1.82, 2.24) is 10.2 Å². The van der Waals surface area contributed by atoms with Gasteiger partial charge in [0.2, 0.25) is 0 Å². The minimum absolute atomic E-state index is 0.0251. The zero-order valence-corrected chi connectivity index (χ0v) is 9.13. The van der Waals surface area contributed by atoms with Crippen LogP contribution in [0.1, 0.15) is 18.5 Å². The molecule has 4 nitrogen and oxygen atoms in total. The third-order valence-corrected chi connectivity index (χ3v) is 2.69. The summed E-state index contributed by atoms with van der Waals surface area (Å²) in [7, 11) is 0. The van der Waals surface area contributed by atoms with Gasteiger partial charge in [0.15, 0.2) is 11.6 Å². The number of halogens is 2. The highest BCUT2D eigenvalue weighted by Crippen LogP contribution is 2.26. The number of carbonyl (C=O) groups excluding carboxylic acids is 1. The predicted molar refractivity (Wildman–Crippen MR) is 57.7 cm³/mol. The lowest BCUT2D eigenvalue weighted by Crippen LogP contribution is -2.29. The smallest absolute Gasteiger partial charge is 0.310 e. The molecule has 1 aliphatic rings. The van der Waals surface area contributed by atoms with Crippen LogP contribution < -0.4 is 5.32 Å². The van der Waals surface area contributed by atoms with Gasteiger partial charge in [-0.15, -0.1) is 0 Å². The van der Waals surface area contributed by atoms with Crippen molar-refractivity contribution in [2.45, 2.75) is 13.0 Å². The van der Waals surface area contributed by atoms with Crippen LogP contribution in [0.4, 0.5) is 13.6 Å². The molecule has 1 saturated heterocycles. The number of hydrogen-bond donors (Lipinski definition) is 2. The fraction of sp³-hybridized carbons (Fsp3) is 0.273. The average Bonchev–Trinajstić information content (AvgIpc) is 2.57. The topological polar surface area (TPSA) is 56.2 Å². The first-order valence-corrected chi connectivity index (χ1v) is 5.15. The number of nitrogens with one attached hydrogen (secondary N) is 2. The Hall–Kier alpha value is -1.98. The van der Waals surface area contributed by atoms with E-state index in [0.717, 1.165) is 12.1 Å². The summed E-state index contributed by atoms with van der Waals surface area (Å²) in [4.78, 5) is 12.8. The molecule has 0 spiro atoms. The molecule has 90 valence electrons. The maximum absolute atomic E-state index is 13.1. The second-order valence-electron chi connectivity index (χ2n) is 3.71. The van der Waals surface area contributed by atoms with Crippen LogP contribution >= 0.6 is 0 Å². The summed E-state index contributed by atoms with van der Waals surface area (Å²) in [6.07, 6.45) is 0. The Kier molecular flexibility index (Phi) is 2.79. The Labute approximate surface area is 96.7 Å². The predicted octanol–water partition coefficient (Wildman–Crippen LogP) is 2.03. The molecule has 0 radical (unpaired) electrons. The lowest BCUT2D eigenvalue weighted by Gasteiger charge is -2.21. The largest absolute Gasteiger partial charge is 0.323 e. The lowest BCUT2D eigenvalue weighted by molar-refractivity contribution is 0.209. The van der Waals surface area contributed by atoms with E-state index in [-0.39, 0.29) is 5.84 Å². The monoisotopic (exact) mass is 239 g/mol. The normalized spacial score (nSPS) is 19.7. The number of hydrogen-bond acceptors (Lipinski definition) is 2. The summed E-state index contributed by atoms with van der Waals surface area (Å²) >= 11 is 0. The highest BCUT2D eigenvalue weighted by atomic mass is 19.2. The van der Waals surface area contributed by atoms with E-state index < -0.39 is 23.7 Å². The van der Waals surface area contributed by atoms with Crippen LogP contribution in [0.5, 0.6) is 0 Å². The van der Waals surface area contributed by atoms with E-state index in [2.05, 4.69) is 5.32 Å². The number of urea groups is 1. The van der Waals surface area contributed by atoms with Crippen LogP contribution in [0.15, 0.2) is 18.2 Å². The van der Waals surface area contributed by atoms with Crippen molar-refractivity contribution in [2.75, 3.05) is 6.54 Å². The number of likely N-dealkylation sites (N-methyl/N-ethyl adjacent to an activating group) is 1. The van der Waals surface area contributed by atoms with Crippen LogP contribution in [-0.2, 0) is 0 Å². The van der Waals surface area contributed by atoms with Gasteiger partial charge in [-0.05, 0) is 24.6 Å². The third-order valence-electron chi connectivity index (χ3n) is 2.69. The van der Waals surface area contributed by atoms with E-state index in [1.807, 2.05) is 0 Å². The molecule has 0 aromatic heterocycles. The first-order valence-electron chi connectivity index (χ1n) is 5.15. The van der Waals surface area contributed by atoms with Crippen molar-refractivity contribution >= 4 is 11.9 Å². The number of benzene rings is 1. The number of carbonyl (C=O) groups is 1. The number of rotatable bonds is 2. The molecule has 1 aromatic rings. The fourth-order valence-electron chi connectivity index (χ4n) is 1.88.